The number of aliphatic imine (C=N–C) groups is 1. The number of nitrogens with zero attached hydrogens (tertiary/aromatic N) is 1. The average molecular weight is 420 g/mol. The lowest BCUT2D eigenvalue weighted by atomic mass is 9.91. The minimum Gasteiger partial charge on any atom is -0.502 e. The van der Waals surface area contributed by atoms with Gasteiger partial charge in [0.15, 0.2) is 17.5 Å². The molecule has 0 amide bonds. The Kier molecular flexibility index (Phi) is 7.76. The maximum absolute atomic E-state index is 10.1. The van der Waals surface area contributed by atoms with Gasteiger partial charge in [-0.2, -0.15) is 0 Å². The van der Waals surface area contributed by atoms with Crippen LogP contribution in [0.1, 0.15) is 22.6 Å². The summed E-state index contributed by atoms with van der Waals surface area (Å²) in [6, 6.07) is 24.4. The molecule has 0 aliphatic rings. The topological polar surface area (TPSA) is 75.1 Å². The number of nitrogens with one attached hydrogen (secondary N) is 2. The first-order valence-corrected chi connectivity index (χ1v) is 10.1. The molecule has 0 unspecified atom stereocenters. The maximum Gasteiger partial charge on any atom is 0.200 e. The Morgan fingerprint density at radius 1 is 0.871 bits per heavy atom. The zero-order chi connectivity index (χ0) is 22.1. The smallest absolute Gasteiger partial charge is 0.200 e. The van der Waals surface area contributed by atoms with Crippen molar-refractivity contribution in [2.24, 2.45) is 4.99 Å². The first-order valence-electron chi connectivity index (χ1n) is 10.1. The van der Waals surface area contributed by atoms with Crippen molar-refractivity contribution in [1.29, 1.82) is 0 Å². The van der Waals surface area contributed by atoms with Crippen LogP contribution < -0.4 is 20.1 Å². The second-order valence-electron chi connectivity index (χ2n) is 7.03. The molecule has 6 nitrogen and oxygen atoms in total. The quantitative estimate of drug-likeness (QED) is 0.381. The number of benzene rings is 3. The van der Waals surface area contributed by atoms with Crippen LogP contribution in [0.25, 0.3) is 0 Å². The fourth-order valence-corrected chi connectivity index (χ4v) is 3.45. The Bertz CT molecular complexity index is 927. The molecule has 0 saturated carbocycles. The van der Waals surface area contributed by atoms with Crippen LogP contribution in [0.5, 0.6) is 17.2 Å². The summed E-state index contributed by atoms with van der Waals surface area (Å²) in [5.74, 6) is 1.60. The zero-order valence-corrected chi connectivity index (χ0v) is 18.1. The Balaban J connectivity index is 1.69. The molecule has 0 aromatic heterocycles. The van der Waals surface area contributed by atoms with Gasteiger partial charge in [0.2, 0.25) is 5.75 Å². The van der Waals surface area contributed by atoms with Crippen molar-refractivity contribution in [3.8, 4) is 17.2 Å². The van der Waals surface area contributed by atoms with E-state index in [1.165, 1.54) is 25.3 Å². The van der Waals surface area contributed by atoms with E-state index in [1.807, 2.05) is 12.1 Å². The monoisotopic (exact) mass is 419 g/mol. The van der Waals surface area contributed by atoms with Gasteiger partial charge >= 0.3 is 0 Å². The van der Waals surface area contributed by atoms with Crippen molar-refractivity contribution < 1.29 is 14.6 Å². The van der Waals surface area contributed by atoms with Crippen LogP contribution in [-0.4, -0.2) is 38.9 Å². The van der Waals surface area contributed by atoms with E-state index in [1.54, 1.807) is 19.2 Å². The summed E-state index contributed by atoms with van der Waals surface area (Å²) in [5, 5.41) is 16.8. The summed E-state index contributed by atoms with van der Waals surface area (Å²) >= 11 is 0. The van der Waals surface area contributed by atoms with Gasteiger partial charge in [0.1, 0.15) is 0 Å². The number of rotatable bonds is 8. The van der Waals surface area contributed by atoms with Crippen LogP contribution >= 0.6 is 0 Å². The van der Waals surface area contributed by atoms with Gasteiger partial charge < -0.3 is 25.2 Å². The highest BCUT2D eigenvalue weighted by atomic mass is 16.5. The first kappa shape index (κ1) is 22.0. The Morgan fingerprint density at radius 2 is 1.39 bits per heavy atom. The van der Waals surface area contributed by atoms with E-state index in [9.17, 15) is 5.11 Å². The molecule has 31 heavy (non-hydrogen) atoms. The highest BCUT2D eigenvalue weighted by molar-refractivity contribution is 5.79. The predicted octanol–water partition coefficient (Wildman–Crippen LogP) is 3.91. The Hall–Kier alpha value is -3.67. The molecular weight excluding hydrogens is 390 g/mol. The van der Waals surface area contributed by atoms with Crippen LogP contribution in [0, 0.1) is 0 Å². The van der Waals surface area contributed by atoms with E-state index in [2.05, 4.69) is 64.2 Å². The summed E-state index contributed by atoms with van der Waals surface area (Å²) in [6.45, 7) is 1.18. The minimum atomic E-state index is -0.00942. The third-order valence-corrected chi connectivity index (χ3v) is 5.10. The normalized spacial score (nSPS) is 11.3. The second kappa shape index (κ2) is 10.9. The van der Waals surface area contributed by atoms with E-state index in [0.29, 0.717) is 30.5 Å². The Labute approximate surface area is 183 Å². The summed E-state index contributed by atoms with van der Waals surface area (Å²) in [4.78, 5) is 4.35. The van der Waals surface area contributed by atoms with Crippen molar-refractivity contribution >= 4 is 5.96 Å². The zero-order valence-electron chi connectivity index (χ0n) is 18.1. The molecule has 0 heterocycles. The summed E-state index contributed by atoms with van der Waals surface area (Å²) in [6.07, 6.45) is 0. The molecule has 3 N–H and O–H groups in total. The third-order valence-electron chi connectivity index (χ3n) is 5.10. The molecular formula is C25H29N3O3. The van der Waals surface area contributed by atoms with Gasteiger partial charge in [-0.25, -0.2) is 0 Å². The molecule has 3 aromatic carbocycles. The van der Waals surface area contributed by atoms with Gasteiger partial charge in [-0.15, -0.1) is 0 Å². The minimum absolute atomic E-state index is 0.00942. The lowest BCUT2D eigenvalue weighted by molar-refractivity contribution is 0.339. The highest BCUT2D eigenvalue weighted by Crippen LogP contribution is 2.37. The van der Waals surface area contributed by atoms with Crippen molar-refractivity contribution in [1.82, 2.24) is 10.6 Å². The number of phenols is 1. The van der Waals surface area contributed by atoms with Gasteiger partial charge in [-0.1, -0.05) is 60.7 Å². The number of hydrogen-bond donors (Lipinski definition) is 3. The van der Waals surface area contributed by atoms with Crippen LogP contribution in [0.15, 0.2) is 77.8 Å². The van der Waals surface area contributed by atoms with Crippen molar-refractivity contribution in [3.63, 3.8) is 0 Å². The van der Waals surface area contributed by atoms with Crippen LogP contribution in [0.3, 0.4) is 0 Å². The van der Waals surface area contributed by atoms with Crippen molar-refractivity contribution in [2.45, 2.75) is 12.5 Å². The van der Waals surface area contributed by atoms with E-state index >= 15 is 0 Å². The molecule has 162 valence electrons. The average Bonchev–Trinajstić information content (AvgIpc) is 2.83. The van der Waals surface area contributed by atoms with Gasteiger partial charge in [0, 0.05) is 26.1 Å². The molecule has 0 fully saturated rings. The molecule has 3 rings (SSSR count). The molecule has 6 heteroatoms. The fourth-order valence-electron chi connectivity index (χ4n) is 3.45. The molecule has 0 bridgehead atoms. The summed E-state index contributed by atoms with van der Waals surface area (Å²) in [7, 11) is 4.77. The van der Waals surface area contributed by atoms with Crippen LogP contribution in [0.4, 0.5) is 0 Å². The SMILES string of the molecule is CN=C(NCc1cc(OC)c(O)c(OC)c1)NCC(c1ccccc1)c1ccccc1. The highest BCUT2D eigenvalue weighted by Gasteiger charge is 2.15. The van der Waals surface area contributed by atoms with E-state index in [4.69, 9.17) is 9.47 Å². The van der Waals surface area contributed by atoms with Gasteiger partial charge in [0.25, 0.3) is 0 Å². The first-order chi connectivity index (χ1) is 15.2. The van der Waals surface area contributed by atoms with E-state index in [0.717, 1.165) is 5.56 Å². The number of aromatic hydroxyl groups is 1. The summed E-state index contributed by atoms with van der Waals surface area (Å²) < 4.78 is 10.5. The number of guanidine groups is 1. The third kappa shape index (κ3) is 5.69. The van der Waals surface area contributed by atoms with E-state index in [-0.39, 0.29) is 11.7 Å². The molecule has 3 aromatic rings. The number of hydrogen-bond acceptors (Lipinski definition) is 4. The predicted molar refractivity (Wildman–Crippen MR) is 124 cm³/mol. The lowest BCUT2D eigenvalue weighted by Crippen LogP contribution is -2.39. The Morgan fingerprint density at radius 3 is 1.84 bits per heavy atom. The van der Waals surface area contributed by atoms with Gasteiger partial charge in [-0.3, -0.25) is 4.99 Å². The summed E-state index contributed by atoms with van der Waals surface area (Å²) in [5.41, 5.74) is 3.38. The number of methoxy groups -OCH3 is 2. The van der Waals surface area contributed by atoms with Crippen LogP contribution in [-0.2, 0) is 6.54 Å². The number of ether oxygens (including phenoxy) is 2. The van der Waals surface area contributed by atoms with Crippen LogP contribution in [0.2, 0.25) is 0 Å². The van der Waals surface area contributed by atoms with Gasteiger partial charge in [-0.05, 0) is 28.8 Å². The van der Waals surface area contributed by atoms with Gasteiger partial charge in [0.05, 0.1) is 14.2 Å². The van der Waals surface area contributed by atoms with E-state index < -0.39 is 0 Å². The molecule has 0 aliphatic carbocycles. The van der Waals surface area contributed by atoms with Crippen molar-refractivity contribution in [2.75, 3.05) is 27.8 Å². The molecule has 0 spiro atoms. The second-order valence-corrected chi connectivity index (χ2v) is 7.03. The molecule has 0 radical (unpaired) electrons. The molecule has 0 saturated heterocycles. The fraction of sp³-hybridized carbons (Fsp3) is 0.240. The molecule has 0 atom stereocenters. The largest absolute Gasteiger partial charge is 0.502 e. The molecule has 0 aliphatic heterocycles. The van der Waals surface area contributed by atoms with Crippen molar-refractivity contribution in [3.05, 3.63) is 89.5 Å². The maximum atomic E-state index is 10.1. The number of phenolic OH excluding ortho intramolecular Hbond substituents is 1. The standard InChI is InChI=1S/C25H29N3O3/c1-26-25(27-16-18-14-22(30-2)24(29)23(15-18)31-3)28-17-21(19-10-6-4-7-11-19)20-12-8-5-9-13-20/h4-15,21,29H,16-17H2,1-3H3,(H2,26,27,28). The lowest BCUT2D eigenvalue weighted by Gasteiger charge is -2.21.